The maximum atomic E-state index is 2.41. The van der Waals surface area contributed by atoms with Gasteiger partial charge >= 0.3 is 0 Å². The number of rotatable bonds is 5. The number of anilines is 3. The van der Waals surface area contributed by atoms with Crippen molar-refractivity contribution in [2.75, 3.05) is 4.90 Å². The molecule has 0 radical (unpaired) electrons. The van der Waals surface area contributed by atoms with Gasteiger partial charge in [0.05, 0.1) is 0 Å². The van der Waals surface area contributed by atoms with Crippen LogP contribution in [0.3, 0.4) is 0 Å². The van der Waals surface area contributed by atoms with Crippen LogP contribution in [0, 0.1) is 0 Å². The molecule has 0 aliphatic carbocycles. The van der Waals surface area contributed by atoms with E-state index in [2.05, 4.69) is 193 Å². The van der Waals surface area contributed by atoms with E-state index in [1.165, 1.54) is 93.5 Å². The average Bonchev–Trinajstić information content (AvgIpc) is 3.95. The fourth-order valence-corrected chi connectivity index (χ4v) is 11.7. The van der Waals surface area contributed by atoms with Crippen molar-refractivity contribution in [1.29, 1.82) is 0 Å². The van der Waals surface area contributed by atoms with Gasteiger partial charge in [0, 0.05) is 67.0 Å². The van der Waals surface area contributed by atoms with Crippen LogP contribution in [0.5, 0.6) is 0 Å². The van der Waals surface area contributed by atoms with Crippen molar-refractivity contribution in [2.24, 2.45) is 0 Å². The SMILES string of the molecule is c1ccc2sc(-c3ccc(-c4ccc(N(c5ccc6cc7c(cc6c5)sc5ccccc57)c5ccc6cc7c(cc6c5)sc5ccccc57)cc4)cc3)cc2c1. The van der Waals surface area contributed by atoms with E-state index >= 15 is 0 Å². The highest BCUT2D eigenvalue weighted by atomic mass is 32.1. The first-order valence-electron chi connectivity index (χ1n) is 18.9. The zero-order valence-corrected chi connectivity index (χ0v) is 32.5. The smallest absolute Gasteiger partial charge is 0.0468 e. The average molecular weight is 766 g/mol. The molecule has 0 bridgehead atoms. The van der Waals surface area contributed by atoms with Gasteiger partial charge in [0.2, 0.25) is 0 Å². The largest absolute Gasteiger partial charge is 0.310 e. The van der Waals surface area contributed by atoms with Crippen LogP contribution in [0.2, 0.25) is 0 Å². The zero-order chi connectivity index (χ0) is 36.7. The van der Waals surface area contributed by atoms with Crippen LogP contribution >= 0.6 is 34.0 Å². The van der Waals surface area contributed by atoms with Crippen LogP contribution in [-0.4, -0.2) is 0 Å². The van der Waals surface area contributed by atoms with Gasteiger partial charge < -0.3 is 4.90 Å². The fourth-order valence-electron chi connectivity index (χ4n) is 8.39. The van der Waals surface area contributed by atoms with E-state index in [0.717, 1.165) is 17.1 Å². The van der Waals surface area contributed by atoms with E-state index in [1.807, 2.05) is 34.0 Å². The van der Waals surface area contributed by atoms with E-state index in [-0.39, 0.29) is 0 Å². The standard InChI is InChI=1S/C52H31NS3/c1-4-10-47-37(7-1)29-50(54-47)34-15-13-32(14-16-34)33-17-21-40(22-18-33)53(41-23-19-35-27-45-43-8-2-5-11-48(43)55-51(45)30-38(35)25-41)42-24-20-36-28-46-44-9-3-6-12-49(44)56-52(46)31-39(36)26-42/h1-31H. The minimum absolute atomic E-state index is 1.13. The van der Waals surface area contributed by atoms with E-state index in [1.54, 1.807) is 0 Å². The molecule has 12 rings (SSSR count). The van der Waals surface area contributed by atoms with Gasteiger partial charge in [-0.2, -0.15) is 0 Å². The third-order valence-electron chi connectivity index (χ3n) is 11.2. The Bertz CT molecular complexity index is 3290. The second-order valence-electron chi connectivity index (χ2n) is 14.6. The molecule has 3 aromatic heterocycles. The fraction of sp³-hybridized carbons (Fsp3) is 0. The van der Waals surface area contributed by atoms with Crippen molar-refractivity contribution in [3.8, 4) is 21.6 Å². The Balaban J connectivity index is 0.963. The van der Waals surface area contributed by atoms with Gasteiger partial charge in [-0.15, -0.1) is 34.0 Å². The summed E-state index contributed by atoms with van der Waals surface area (Å²) in [5.74, 6) is 0. The molecule has 0 atom stereocenters. The van der Waals surface area contributed by atoms with Crippen LogP contribution < -0.4 is 4.90 Å². The first kappa shape index (κ1) is 32.0. The van der Waals surface area contributed by atoms with Gasteiger partial charge in [0.25, 0.3) is 0 Å². The van der Waals surface area contributed by atoms with Gasteiger partial charge in [-0.1, -0.05) is 103 Å². The molecule has 0 saturated heterocycles. The molecule has 262 valence electrons. The topological polar surface area (TPSA) is 3.24 Å². The summed E-state index contributed by atoms with van der Waals surface area (Å²) >= 11 is 5.60. The van der Waals surface area contributed by atoms with E-state index in [9.17, 15) is 0 Å². The number of fused-ring (bicyclic) bond motifs is 9. The second-order valence-corrected chi connectivity index (χ2v) is 17.8. The molecular formula is C52H31NS3. The van der Waals surface area contributed by atoms with Gasteiger partial charge in [-0.25, -0.2) is 0 Å². The van der Waals surface area contributed by atoms with Crippen LogP contribution in [0.25, 0.3) is 93.5 Å². The van der Waals surface area contributed by atoms with Crippen molar-refractivity contribution in [2.45, 2.75) is 0 Å². The molecule has 1 nitrogen and oxygen atoms in total. The lowest BCUT2D eigenvalue weighted by Gasteiger charge is -2.26. The minimum Gasteiger partial charge on any atom is -0.310 e. The predicted molar refractivity (Wildman–Crippen MR) is 248 cm³/mol. The molecule has 56 heavy (non-hydrogen) atoms. The molecule has 0 spiro atoms. The maximum absolute atomic E-state index is 2.41. The molecule has 9 aromatic carbocycles. The van der Waals surface area contributed by atoms with Crippen molar-refractivity contribution in [3.05, 3.63) is 188 Å². The number of benzene rings is 9. The summed E-state index contributed by atoms with van der Waals surface area (Å²) in [7, 11) is 0. The molecule has 0 unspecified atom stereocenters. The highest BCUT2D eigenvalue weighted by Crippen LogP contribution is 2.43. The van der Waals surface area contributed by atoms with Gasteiger partial charge in [-0.3, -0.25) is 0 Å². The summed E-state index contributed by atoms with van der Waals surface area (Å²) in [5.41, 5.74) is 7.07. The third-order valence-corrected chi connectivity index (χ3v) is 14.6. The van der Waals surface area contributed by atoms with E-state index in [0.29, 0.717) is 0 Å². The van der Waals surface area contributed by atoms with Crippen LogP contribution in [0.15, 0.2) is 188 Å². The molecule has 12 aromatic rings. The highest BCUT2D eigenvalue weighted by Gasteiger charge is 2.17. The molecule has 0 aliphatic heterocycles. The highest BCUT2D eigenvalue weighted by molar-refractivity contribution is 7.26. The molecule has 4 heteroatoms. The molecule has 3 heterocycles. The number of nitrogens with zero attached hydrogens (tertiary/aromatic N) is 1. The molecular weight excluding hydrogens is 735 g/mol. The van der Waals surface area contributed by atoms with Crippen molar-refractivity contribution >= 4 is 123 Å². The molecule has 0 N–H and O–H groups in total. The van der Waals surface area contributed by atoms with Gasteiger partial charge in [-0.05, 0) is 129 Å². The lowest BCUT2D eigenvalue weighted by Crippen LogP contribution is -2.09. The van der Waals surface area contributed by atoms with E-state index in [4.69, 9.17) is 0 Å². The third kappa shape index (κ3) is 5.25. The summed E-state index contributed by atoms with van der Waals surface area (Å²) in [4.78, 5) is 3.72. The minimum atomic E-state index is 1.13. The Labute approximate surface area is 335 Å². The Morgan fingerprint density at radius 2 is 0.750 bits per heavy atom. The van der Waals surface area contributed by atoms with Crippen molar-refractivity contribution < 1.29 is 0 Å². The zero-order valence-electron chi connectivity index (χ0n) is 30.1. The lowest BCUT2D eigenvalue weighted by atomic mass is 10.0. The van der Waals surface area contributed by atoms with E-state index < -0.39 is 0 Å². The van der Waals surface area contributed by atoms with Crippen LogP contribution in [0.4, 0.5) is 17.1 Å². The maximum Gasteiger partial charge on any atom is 0.0468 e. The quantitative estimate of drug-likeness (QED) is 0.169. The predicted octanol–water partition coefficient (Wildman–Crippen LogP) is 16.7. The number of hydrogen-bond acceptors (Lipinski definition) is 4. The number of thiophene rings is 3. The van der Waals surface area contributed by atoms with Crippen LogP contribution in [0.1, 0.15) is 0 Å². The van der Waals surface area contributed by atoms with Crippen LogP contribution in [-0.2, 0) is 0 Å². The Morgan fingerprint density at radius 1 is 0.268 bits per heavy atom. The Hall–Kier alpha value is -6.30. The monoisotopic (exact) mass is 765 g/mol. The first-order valence-corrected chi connectivity index (χ1v) is 21.3. The summed E-state index contributed by atoms with van der Waals surface area (Å²) < 4.78 is 6.63. The lowest BCUT2D eigenvalue weighted by molar-refractivity contribution is 1.29. The molecule has 0 fully saturated rings. The first-order chi connectivity index (χ1) is 27.7. The summed E-state index contributed by atoms with van der Waals surface area (Å²) in [6, 6.07) is 69.8. The normalized spacial score (nSPS) is 11.9. The van der Waals surface area contributed by atoms with Gasteiger partial charge in [0.15, 0.2) is 0 Å². The van der Waals surface area contributed by atoms with Crippen molar-refractivity contribution in [1.82, 2.24) is 0 Å². The molecule has 0 aliphatic rings. The summed E-state index contributed by atoms with van der Waals surface area (Å²) in [6.45, 7) is 0. The van der Waals surface area contributed by atoms with Crippen molar-refractivity contribution in [3.63, 3.8) is 0 Å². The summed E-state index contributed by atoms with van der Waals surface area (Å²) in [5, 5.41) is 11.6. The number of hydrogen-bond donors (Lipinski definition) is 0. The Kier molecular flexibility index (Phi) is 7.21. The summed E-state index contributed by atoms with van der Waals surface area (Å²) in [6.07, 6.45) is 0. The molecule has 0 saturated carbocycles. The van der Waals surface area contributed by atoms with Gasteiger partial charge in [0.1, 0.15) is 0 Å². The molecule has 0 amide bonds. The Morgan fingerprint density at radius 3 is 1.32 bits per heavy atom. The second kappa shape index (κ2) is 12.6.